The molecule has 0 aliphatic heterocycles. The first-order chi connectivity index (χ1) is 9.84. The van der Waals surface area contributed by atoms with Gasteiger partial charge in [0.05, 0.1) is 3.79 Å². The van der Waals surface area contributed by atoms with Gasteiger partial charge in [0, 0.05) is 30.6 Å². The van der Waals surface area contributed by atoms with Crippen LogP contribution < -0.4 is 5.32 Å². The van der Waals surface area contributed by atoms with E-state index in [0.29, 0.717) is 27.8 Å². The van der Waals surface area contributed by atoms with Gasteiger partial charge in [-0.1, -0.05) is 19.1 Å². The molecule has 1 N–H and O–H groups in total. The van der Waals surface area contributed by atoms with Crippen molar-refractivity contribution in [3.63, 3.8) is 0 Å². The van der Waals surface area contributed by atoms with Gasteiger partial charge in [0.15, 0.2) is 0 Å². The van der Waals surface area contributed by atoms with Crippen LogP contribution in [0.25, 0.3) is 0 Å². The maximum absolute atomic E-state index is 12.7. The molecule has 118 valence electrons. The topological polar surface area (TPSA) is 49.4 Å². The summed E-state index contributed by atoms with van der Waals surface area (Å²) >= 11 is 4.89. The predicted octanol–water partition coefficient (Wildman–Crippen LogP) is 3.35. The minimum Gasteiger partial charge on any atom is -0.309 e. The molecule has 1 aromatic rings. The van der Waals surface area contributed by atoms with Crippen LogP contribution in [0.15, 0.2) is 26.9 Å². The van der Waals surface area contributed by atoms with Crippen LogP contribution in [0.5, 0.6) is 0 Å². The van der Waals surface area contributed by atoms with Crippen molar-refractivity contribution in [1.29, 1.82) is 0 Å². The van der Waals surface area contributed by atoms with Crippen molar-refractivity contribution in [3.05, 3.63) is 26.9 Å². The number of nitrogens with zero attached hydrogens (tertiary/aromatic N) is 1. The van der Waals surface area contributed by atoms with Gasteiger partial charge in [-0.3, -0.25) is 0 Å². The van der Waals surface area contributed by atoms with Gasteiger partial charge in [-0.25, -0.2) is 8.42 Å². The Morgan fingerprint density at radius 1 is 1.57 bits per heavy atom. The first-order valence-corrected chi connectivity index (χ1v) is 10.1. The molecule has 1 saturated carbocycles. The summed E-state index contributed by atoms with van der Waals surface area (Å²) in [6.45, 7) is 9.02. The van der Waals surface area contributed by atoms with E-state index in [4.69, 9.17) is 0 Å². The molecule has 0 amide bonds. The standard InChI is InChI=1S/C14H21BrN2O2S2/c1-4-17(9-10(2)3)21(18,19)13-7-12(20-14(13)15)8-16-11-5-6-11/h7,11,16H,2,4-6,8-9H2,1,3H3. The maximum atomic E-state index is 12.7. The van der Waals surface area contributed by atoms with E-state index in [2.05, 4.69) is 27.8 Å². The Labute approximate surface area is 139 Å². The first-order valence-electron chi connectivity index (χ1n) is 7.00. The summed E-state index contributed by atoms with van der Waals surface area (Å²) in [7, 11) is -3.47. The largest absolute Gasteiger partial charge is 0.309 e. The van der Waals surface area contributed by atoms with Crippen LogP contribution >= 0.6 is 27.3 Å². The Bertz CT molecular complexity index is 621. The van der Waals surface area contributed by atoms with E-state index < -0.39 is 10.0 Å². The molecule has 7 heteroatoms. The number of hydrogen-bond acceptors (Lipinski definition) is 4. The maximum Gasteiger partial charge on any atom is 0.245 e. The fourth-order valence-electron chi connectivity index (χ4n) is 2.00. The molecular weight excluding hydrogens is 372 g/mol. The average Bonchev–Trinajstić information content (AvgIpc) is 3.15. The smallest absolute Gasteiger partial charge is 0.245 e. The Morgan fingerprint density at radius 2 is 2.24 bits per heavy atom. The number of halogens is 1. The predicted molar refractivity (Wildman–Crippen MR) is 91.1 cm³/mol. The zero-order valence-corrected chi connectivity index (χ0v) is 15.6. The summed E-state index contributed by atoms with van der Waals surface area (Å²) in [5, 5.41) is 3.41. The summed E-state index contributed by atoms with van der Waals surface area (Å²) in [5.74, 6) is 0. The SMILES string of the molecule is C=C(C)CN(CC)S(=O)(=O)c1cc(CNC2CC2)sc1Br. The fourth-order valence-corrected chi connectivity index (χ4v) is 6.09. The Balaban J connectivity index is 2.19. The molecule has 1 aliphatic rings. The molecule has 0 radical (unpaired) electrons. The monoisotopic (exact) mass is 392 g/mol. The minimum atomic E-state index is -3.47. The van der Waals surface area contributed by atoms with Gasteiger partial charge in [0.1, 0.15) is 4.90 Å². The molecule has 0 bridgehead atoms. The molecular formula is C14H21BrN2O2S2. The number of rotatable bonds is 8. The van der Waals surface area contributed by atoms with Crippen molar-refractivity contribution in [2.24, 2.45) is 0 Å². The van der Waals surface area contributed by atoms with Gasteiger partial charge in [0.25, 0.3) is 0 Å². The van der Waals surface area contributed by atoms with Crippen LogP contribution in [0, 0.1) is 0 Å². The molecule has 21 heavy (non-hydrogen) atoms. The molecule has 1 aliphatic carbocycles. The molecule has 4 nitrogen and oxygen atoms in total. The Hall–Kier alpha value is -0.210. The van der Waals surface area contributed by atoms with E-state index in [-0.39, 0.29) is 0 Å². The van der Waals surface area contributed by atoms with Crippen molar-refractivity contribution in [1.82, 2.24) is 9.62 Å². The molecule has 1 aromatic heterocycles. The molecule has 1 heterocycles. The summed E-state index contributed by atoms with van der Waals surface area (Å²) < 4.78 is 27.6. The molecule has 2 rings (SSSR count). The molecule has 1 fully saturated rings. The quantitative estimate of drug-likeness (QED) is 0.690. The third kappa shape index (κ3) is 4.39. The number of sulfonamides is 1. The second kappa shape index (κ2) is 6.91. The van der Waals surface area contributed by atoms with E-state index in [0.717, 1.165) is 17.0 Å². The van der Waals surface area contributed by atoms with Crippen molar-refractivity contribution in [3.8, 4) is 0 Å². The van der Waals surface area contributed by atoms with Crippen molar-refractivity contribution in [2.75, 3.05) is 13.1 Å². The fraction of sp³-hybridized carbons (Fsp3) is 0.571. The highest BCUT2D eigenvalue weighted by molar-refractivity contribution is 9.11. The first kappa shape index (κ1) is 17.1. The Morgan fingerprint density at radius 3 is 2.76 bits per heavy atom. The highest BCUT2D eigenvalue weighted by Crippen LogP contribution is 2.34. The minimum absolute atomic E-state index is 0.358. The van der Waals surface area contributed by atoms with Crippen LogP contribution in [0.1, 0.15) is 31.6 Å². The number of thiophene rings is 1. The highest BCUT2D eigenvalue weighted by Gasteiger charge is 2.28. The van der Waals surface area contributed by atoms with Crippen molar-refractivity contribution < 1.29 is 8.42 Å². The molecule has 0 spiro atoms. The van der Waals surface area contributed by atoms with Crippen LogP contribution in [-0.4, -0.2) is 31.9 Å². The summed E-state index contributed by atoms with van der Waals surface area (Å²) in [4.78, 5) is 1.40. The summed E-state index contributed by atoms with van der Waals surface area (Å²) in [6, 6.07) is 2.39. The van der Waals surface area contributed by atoms with Crippen LogP contribution in [-0.2, 0) is 16.6 Å². The van der Waals surface area contributed by atoms with Gasteiger partial charge in [-0.05, 0) is 41.8 Å². The van der Waals surface area contributed by atoms with Crippen LogP contribution in [0.2, 0.25) is 0 Å². The normalized spacial score (nSPS) is 15.6. The lowest BCUT2D eigenvalue weighted by Crippen LogP contribution is -2.32. The van der Waals surface area contributed by atoms with Crippen molar-refractivity contribution >= 4 is 37.3 Å². The summed E-state index contributed by atoms with van der Waals surface area (Å²) in [6.07, 6.45) is 2.44. The molecule has 0 atom stereocenters. The number of hydrogen-bond donors (Lipinski definition) is 1. The van der Waals surface area contributed by atoms with Gasteiger partial charge >= 0.3 is 0 Å². The van der Waals surface area contributed by atoms with E-state index in [1.807, 2.05) is 13.8 Å². The zero-order valence-electron chi connectivity index (χ0n) is 12.4. The van der Waals surface area contributed by atoms with Gasteiger partial charge in [-0.2, -0.15) is 4.31 Å². The lowest BCUT2D eigenvalue weighted by molar-refractivity contribution is 0.453. The lowest BCUT2D eigenvalue weighted by atomic mass is 10.3. The summed E-state index contributed by atoms with van der Waals surface area (Å²) in [5.41, 5.74) is 0.836. The Kier molecular flexibility index (Phi) is 5.65. The second-order valence-electron chi connectivity index (χ2n) is 5.39. The van der Waals surface area contributed by atoms with Crippen molar-refractivity contribution in [2.45, 2.75) is 44.2 Å². The van der Waals surface area contributed by atoms with Crippen LogP contribution in [0.3, 0.4) is 0 Å². The average molecular weight is 393 g/mol. The number of nitrogens with one attached hydrogen (secondary N) is 1. The molecule has 0 unspecified atom stereocenters. The highest BCUT2D eigenvalue weighted by atomic mass is 79.9. The van der Waals surface area contributed by atoms with E-state index >= 15 is 0 Å². The van der Waals surface area contributed by atoms with E-state index in [1.54, 1.807) is 6.07 Å². The van der Waals surface area contributed by atoms with E-state index in [1.165, 1.54) is 28.5 Å². The van der Waals surface area contributed by atoms with Gasteiger partial charge in [-0.15, -0.1) is 11.3 Å². The third-order valence-corrected chi connectivity index (χ3v) is 7.44. The van der Waals surface area contributed by atoms with E-state index in [9.17, 15) is 8.42 Å². The second-order valence-corrected chi connectivity index (χ2v) is 9.76. The molecule has 0 aromatic carbocycles. The number of likely N-dealkylation sites (N-methyl/N-ethyl adjacent to an activating group) is 1. The van der Waals surface area contributed by atoms with Gasteiger partial charge < -0.3 is 5.32 Å². The van der Waals surface area contributed by atoms with Crippen LogP contribution in [0.4, 0.5) is 0 Å². The third-order valence-electron chi connectivity index (χ3n) is 3.27. The lowest BCUT2D eigenvalue weighted by Gasteiger charge is -2.20. The van der Waals surface area contributed by atoms with Gasteiger partial charge in [0.2, 0.25) is 10.0 Å². The zero-order chi connectivity index (χ0) is 15.6. The molecule has 0 saturated heterocycles.